The molecule has 2 aliphatic rings. The van der Waals surface area contributed by atoms with Crippen molar-refractivity contribution in [2.24, 2.45) is 35.0 Å². The molecule has 2 saturated carbocycles. The third-order valence-corrected chi connectivity index (χ3v) is 6.40. The van der Waals surface area contributed by atoms with Crippen LogP contribution >= 0.6 is 0 Å². The van der Waals surface area contributed by atoms with Crippen LogP contribution in [0.1, 0.15) is 73.6 Å². The molecule has 0 N–H and O–H groups in total. The summed E-state index contributed by atoms with van der Waals surface area (Å²) in [6.45, 7) is 14.1. The summed E-state index contributed by atoms with van der Waals surface area (Å²) >= 11 is 0. The van der Waals surface area contributed by atoms with Gasteiger partial charge >= 0.3 is 0 Å². The van der Waals surface area contributed by atoms with E-state index in [0.717, 1.165) is 29.6 Å². The molecule has 5 atom stereocenters. The normalized spacial score (nSPS) is 37.3. The first kappa shape index (κ1) is 16.8. The molecule has 120 valence electrons. The van der Waals surface area contributed by atoms with Gasteiger partial charge in [-0.15, -0.1) is 0 Å². The van der Waals surface area contributed by atoms with Crippen LogP contribution in [-0.2, 0) is 0 Å². The van der Waals surface area contributed by atoms with Crippen molar-refractivity contribution in [3.63, 3.8) is 0 Å². The molecule has 0 aromatic carbocycles. The zero-order valence-corrected chi connectivity index (χ0v) is 15.2. The van der Waals surface area contributed by atoms with E-state index in [1.54, 1.807) is 5.57 Å². The smallest absolute Gasteiger partial charge is 0.00875 e. The van der Waals surface area contributed by atoms with Crippen molar-refractivity contribution in [1.29, 1.82) is 0 Å². The summed E-state index contributed by atoms with van der Waals surface area (Å²) in [6, 6.07) is 0. The number of hydrogen-bond acceptors (Lipinski definition) is 0. The summed E-state index contributed by atoms with van der Waals surface area (Å²) in [6.07, 6.45) is 14.2. The molecular formula is C21H36. The van der Waals surface area contributed by atoms with Gasteiger partial charge in [0.05, 0.1) is 0 Å². The third kappa shape index (κ3) is 4.02. The average molecular weight is 289 g/mol. The molecule has 0 spiro atoms. The van der Waals surface area contributed by atoms with Crippen LogP contribution in [-0.4, -0.2) is 0 Å². The van der Waals surface area contributed by atoms with Gasteiger partial charge in [0, 0.05) is 0 Å². The molecule has 0 saturated heterocycles. The Kier molecular flexibility index (Phi) is 5.38. The quantitative estimate of drug-likeness (QED) is 0.439. The van der Waals surface area contributed by atoms with Crippen molar-refractivity contribution >= 4 is 0 Å². The van der Waals surface area contributed by atoms with Crippen molar-refractivity contribution in [3.05, 3.63) is 23.8 Å². The Labute approximate surface area is 133 Å². The summed E-state index contributed by atoms with van der Waals surface area (Å²) in [7, 11) is 0. The molecule has 0 aromatic heterocycles. The first-order valence-electron chi connectivity index (χ1n) is 9.24. The highest BCUT2D eigenvalue weighted by molar-refractivity contribution is 5.24. The summed E-state index contributed by atoms with van der Waals surface area (Å²) in [5, 5.41) is 0. The lowest BCUT2D eigenvalue weighted by atomic mass is 9.90. The molecular weight excluding hydrogens is 252 g/mol. The summed E-state index contributed by atoms with van der Waals surface area (Å²) in [4.78, 5) is 0. The van der Waals surface area contributed by atoms with E-state index in [4.69, 9.17) is 0 Å². The molecule has 0 amide bonds. The largest absolute Gasteiger partial charge is 0.0914 e. The van der Waals surface area contributed by atoms with Crippen molar-refractivity contribution in [2.45, 2.75) is 73.6 Å². The van der Waals surface area contributed by atoms with Crippen molar-refractivity contribution in [3.8, 4) is 0 Å². The Morgan fingerprint density at radius 3 is 2.57 bits per heavy atom. The van der Waals surface area contributed by atoms with Crippen LogP contribution in [0.5, 0.6) is 0 Å². The Balaban J connectivity index is 1.81. The van der Waals surface area contributed by atoms with Gasteiger partial charge in [-0.3, -0.25) is 0 Å². The molecule has 0 heteroatoms. The lowest BCUT2D eigenvalue weighted by Gasteiger charge is -2.15. The van der Waals surface area contributed by atoms with Crippen LogP contribution in [0.15, 0.2) is 23.8 Å². The highest BCUT2D eigenvalue weighted by atomic mass is 14.6. The van der Waals surface area contributed by atoms with Crippen molar-refractivity contribution in [1.82, 2.24) is 0 Å². The van der Waals surface area contributed by atoms with E-state index in [1.807, 2.05) is 0 Å². The zero-order valence-electron chi connectivity index (χ0n) is 15.2. The molecule has 2 aliphatic carbocycles. The van der Waals surface area contributed by atoms with Crippen LogP contribution in [0.3, 0.4) is 0 Å². The van der Waals surface area contributed by atoms with Gasteiger partial charge in [-0.05, 0) is 81.0 Å². The van der Waals surface area contributed by atoms with E-state index in [2.05, 4.69) is 59.8 Å². The van der Waals surface area contributed by atoms with E-state index in [-0.39, 0.29) is 0 Å². The predicted octanol–water partition coefficient (Wildman–Crippen LogP) is 6.63. The van der Waals surface area contributed by atoms with Crippen LogP contribution in [0, 0.1) is 35.0 Å². The highest BCUT2D eigenvalue weighted by Gasteiger charge is 2.51. The van der Waals surface area contributed by atoms with Gasteiger partial charge in [0.25, 0.3) is 0 Å². The summed E-state index contributed by atoms with van der Waals surface area (Å²) in [5.74, 6) is 4.49. The zero-order chi connectivity index (χ0) is 15.6. The van der Waals surface area contributed by atoms with Gasteiger partial charge < -0.3 is 0 Å². The third-order valence-electron chi connectivity index (χ3n) is 6.40. The molecule has 0 nitrogen and oxygen atoms in total. The van der Waals surface area contributed by atoms with E-state index in [1.165, 1.54) is 32.1 Å². The van der Waals surface area contributed by atoms with E-state index in [0.29, 0.717) is 5.41 Å². The number of allylic oxidation sites excluding steroid dienone is 4. The molecule has 0 bridgehead atoms. The molecule has 0 radical (unpaired) electrons. The standard InChI is InChI=1S/C21H36/c1-7-9-17(8-2)10-11-19-14-21(19,6)16(5)12-18-13-20(18)15(3)4/h7,9,12,15,17-20H,8,10-11,13-14H2,1-6H3. The minimum atomic E-state index is 0.540. The van der Waals surface area contributed by atoms with Crippen LogP contribution < -0.4 is 0 Å². The molecule has 2 rings (SSSR count). The fraction of sp³-hybridized carbons (Fsp3) is 0.810. The van der Waals surface area contributed by atoms with Crippen molar-refractivity contribution in [2.75, 3.05) is 0 Å². The molecule has 0 aromatic rings. The minimum absolute atomic E-state index is 0.540. The minimum Gasteiger partial charge on any atom is -0.0914 e. The van der Waals surface area contributed by atoms with Crippen LogP contribution in [0.2, 0.25) is 0 Å². The SMILES string of the molecule is CC=CC(CC)CCC1CC1(C)C(C)=CC1CC1C(C)C. The fourth-order valence-electron chi connectivity index (χ4n) is 4.19. The Morgan fingerprint density at radius 2 is 2.05 bits per heavy atom. The monoisotopic (exact) mass is 288 g/mol. The van der Waals surface area contributed by atoms with Gasteiger partial charge in [0.1, 0.15) is 0 Å². The Hall–Kier alpha value is -0.520. The molecule has 0 heterocycles. The number of rotatable bonds is 8. The molecule has 2 fully saturated rings. The van der Waals surface area contributed by atoms with Crippen LogP contribution in [0.4, 0.5) is 0 Å². The van der Waals surface area contributed by atoms with E-state index in [9.17, 15) is 0 Å². The van der Waals surface area contributed by atoms with Gasteiger partial charge in [-0.1, -0.05) is 51.5 Å². The van der Waals surface area contributed by atoms with Crippen LogP contribution in [0.25, 0.3) is 0 Å². The lowest BCUT2D eigenvalue weighted by molar-refractivity contribution is 0.475. The van der Waals surface area contributed by atoms with E-state index < -0.39 is 0 Å². The molecule has 5 unspecified atom stereocenters. The second-order valence-electron chi connectivity index (χ2n) is 8.25. The highest BCUT2D eigenvalue weighted by Crippen LogP contribution is 2.61. The van der Waals surface area contributed by atoms with Gasteiger partial charge in [-0.25, -0.2) is 0 Å². The van der Waals surface area contributed by atoms with Crippen molar-refractivity contribution < 1.29 is 0 Å². The maximum absolute atomic E-state index is 2.63. The average Bonchev–Trinajstić information content (AvgIpc) is 3.32. The summed E-state index contributed by atoms with van der Waals surface area (Å²) in [5.41, 5.74) is 2.23. The van der Waals surface area contributed by atoms with Gasteiger partial charge in [0.2, 0.25) is 0 Å². The van der Waals surface area contributed by atoms with Gasteiger partial charge in [-0.2, -0.15) is 0 Å². The maximum atomic E-state index is 2.63. The summed E-state index contributed by atoms with van der Waals surface area (Å²) < 4.78 is 0. The topological polar surface area (TPSA) is 0 Å². The Bertz CT molecular complexity index is 400. The van der Waals surface area contributed by atoms with E-state index >= 15 is 0 Å². The molecule has 0 aliphatic heterocycles. The maximum Gasteiger partial charge on any atom is -0.00875 e. The van der Waals surface area contributed by atoms with Gasteiger partial charge in [0.15, 0.2) is 0 Å². The number of hydrogen-bond donors (Lipinski definition) is 0. The molecule has 21 heavy (non-hydrogen) atoms. The predicted molar refractivity (Wildman–Crippen MR) is 94.2 cm³/mol. The fourth-order valence-corrected chi connectivity index (χ4v) is 4.19. The Morgan fingerprint density at radius 1 is 1.33 bits per heavy atom. The second kappa shape index (κ2) is 6.71. The lowest BCUT2D eigenvalue weighted by Crippen LogP contribution is -2.03. The first-order chi connectivity index (χ1) is 9.92. The second-order valence-corrected chi connectivity index (χ2v) is 8.25. The first-order valence-corrected chi connectivity index (χ1v) is 9.24.